The molecular formula is C10H16O3. The molecular weight excluding hydrogens is 168 g/mol. The van der Waals surface area contributed by atoms with E-state index in [1.165, 1.54) is 7.11 Å². The predicted molar refractivity (Wildman–Crippen MR) is 49.9 cm³/mol. The Bertz CT molecular complexity index is 200. The van der Waals surface area contributed by atoms with Crippen molar-refractivity contribution in [1.29, 1.82) is 0 Å². The van der Waals surface area contributed by atoms with Crippen LogP contribution in [-0.2, 0) is 9.53 Å². The zero-order chi connectivity index (χ0) is 10.1. The van der Waals surface area contributed by atoms with Crippen LogP contribution in [0.5, 0.6) is 0 Å². The van der Waals surface area contributed by atoms with E-state index < -0.39 is 12.1 Å². The van der Waals surface area contributed by atoms with Crippen LogP contribution in [0.4, 0.5) is 0 Å². The molecule has 1 N–H and O–H groups in total. The molecule has 1 unspecified atom stereocenters. The largest absolute Gasteiger partial charge is 0.459 e. The first kappa shape index (κ1) is 12.0. The molecule has 13 heavy (non-hydrogen) atoms. The fourth-order valence-corrected chi connectivity index (χ4v) is 0.853. The number of carbonyl (C=O) groups is 1. The van der Waals surface area contributed by atoms with Gasteiger partial charge in [-0.15, -0.1) is 0 Å². The van der Waals surface area contributed by atoms with Gasteiger partial charge in [0.25, 0.3) is 0 Å². The van der Waals surface area contributed by atoms with E-state index in [0.717, 1.165) is 19.3 Å². The normalized spacial score (nSPS) is 11.3. The molecule has 0 fully saturated rings. The summed E-state index contributed by atoms with van der Waals surface area (Å²) in [5, 5.41) is 9.24. The Morgan fingerprint density at radius 3 is 2.77 bits per heavy atom. The number of rotatable bonds is 4. The van der Waals surface area contributed by atoms with E-state index in [0.29, 0.717) is 6.42 Å². The van der Waals surface area contributed by atoms with E-state index in [1.807, 2.05) is 0 Å². The maximum Gasteiger partial charge on any atom is 0.384 e. The fourth-order valence-electron chi connectivity index (χ4n) is 0.853. The zero-order valence-corrected chi connectivity index (χ0v) is 8.17. The van der Waals surface area contributed by atoms with Crippen LogP contribution in [0.1, 0.15) is 32.6 Å². The number of unbranched alkanes of at least 4 members (excludes halogenated alkanes) is 2. The number of esters is 1. The Labute approximate surface area is 79.1 Å². The minimum Gasteiger partial charge on any atom is -0.459 e. The molecule has 0 aliphatic carbocycles. The Kier molecular flexibility index (Phi) is 7.04. The number of aliphatic hydroxyl groups is 1. The van der Waals surface area contributed by atoms with E-state index in [4.69, 9.17) is 0 Å². The molecule has 0 saturated carbocycles. The highest BCUT2D eigenvalue weighted by atomic mass is 16.5. The van der Waals surface area contributed by atoms with Crippen LogP contribution in [0, 0.1) is 11.8 Å². The van der Waals surface area contributed by atoms with E-state index >= 15 is 0 Å². The molecule has 0 heterocycles. The number of carbonyl (C=O) groups excluding carboxylic acids is 1. The Hall–Kier alpha value is -1.01. The second-order valence-electron chi connectivity index (χ2n) is 2.77. The van der Waals surface area contributed by atoms with Crippen LogP contribution in [0.25, 0.3) is 0 Å². The van der Waals surface area contributed by atoms with Gasteiger partial charge in [-0.05, 0) is 12.8 Å². The van der Waals surface area contributed by atoms with Crippen molar-refractivity contribution in [2.24, 2.45) is 0 Å². The van der Waals surface area contributed by atoms with Crippen LogP contribution < -0.4 is 0 Å². The SMILES string of the molecule is CCCCCC(O)C#CC(=O)OC. The molecule has 3 heteroatoms. The number of hydrogen-bond donors (Lipinski definition) is 1. The van der Waals surface area contributed by atoms with Gasteiger partial charge in [-0.25, -0.2) is 4.79 Å². The summed E-state index contributed by atoms with van der Waals surface area (Å²) in [6.45, 7) is 2.09. The third-order valence-electron chi connectivity index (χ3n) is 1.61. The molecule has 0 aliphatic rings. The lowest BCUT2D eigenvalue weighted by Crippen LogP contribution is -2.04. The quantitative estimate of drug-likeness (QED) is 0.308. The lowest BCUT2D eigenvalue weighted by Gasteiger charge is -2.00. The smallest absolute Gasteiger partial charge is 0.384 e. The summed E-state index contributed by atoms with van der Waals surface area (Å²) in [4.78, 5) is 10.5. The maximum absolute atomic E-state index is 10.5. The van der Waals surface area contributed by atoms with Gasteiger partial charge in [-0.3, -0.25) is 0 Å². The first-order chi connectivity index (χ1) is 6.20. The third-order valence-corrected chi connectivity index (χ3v) is 1.61. The highest BCUT2D eigenvalue weighted by molar-refractivity contribution is 5.88. The molecule has 0 bridgehead atoms. The fraction of sp³-hybridized carbons (Fsp3) is 0.700. The average Bonchev–Trinajstić information content (AvgIpc) is 2.14. The molecule has 0 aromatic heterocycles. The summed E-state index contributed by atoms with van der Waals surface area (Å²) in [5.74, 6) is 4.02. The third kappa shape index (κ3) is 7.35. The Morgan fingerprint density at radius 2 is 2.23 bits per heavy atom. The van der Waals surface area contributed by atoms with Crippen molar-refractivity contribution in [3.05, 3.63) is 0 Å². The van der Waals surface area contributed by atoms with Gasteiger partial charge in [-0.1, -0.05) is 25.7 Å². The van der Waals surface area contributed by atoms with Crippen molar-refractivity contribution in [2.45, 2.75) is 38.7 Å². The molecule has 0 radical (unpaired) electrons. The summed E-state index contributed by atoms with van der Waals surface area (Å²) < 4.78 is 4.30. The monoisotopic (exact) mass is 184 g/mol. The Balaban J connectivity index is 3.63. The highest BCUT2D eigenvalue weighted by Gasteiger charge is 1.98. The topological polar surface area (TPSA) is 46.5 Å². The van der Waals surface area contributed by atoms with Crippen molar-refractivity contribution >= 4 is 5.97 Å². The average molecular weight is 184 g/mol. The number of methoxy groups -OCH3 is 1. The highest BCUT2D eigenvalue weighted by Crippen LogP contribution is 2.01. The first-order valence-electron chi connectivity index (χ1n) is 4.48. The van der Waals surface area contributed by atoms with Gasteiger partial charge in [0.05, 0.1) is 7.11 Å². The van der Waals surface area contributed by atoms with Gasteiger partial charge in [-0.2, -0.15) is 0 Å². The maximum atomic E-state index is 10.5. The summed E-state index contributed by atoms with van der Waals surface area (Å²) in [6.07, 6.45) is 3.05. The number of aliphatic hydroxyl groups excluding tert-OH is 1. The zero-order valence-electron chi connectivity index (χ0n) is 8.17. The van der Waals surface area contributed by atoms with Crippen molar-refractivity contribution in [3.8, 4) is 11.8 Å². The van der Waals surface area contributed by atoms with Crippen molar-refractivity contribution in [3.63, 3.8) is 0 Å². The van der Waals surface area contributed by atoms with E-state index in [-0.39, 0.29) is 0 Å². The van der Waals surface area contributed by atoms with E-state index in [2.05, 4.69) is 23.5 Å². The van der Waals surface area contributed by atoms with Crippen molar-refractivity contribution in [1.82, 2.24) is 0 Å². The van der Waals surface area contributed by atoms with Crippen molar-refractivity contribution in [2.75, 3.05) is 7.11 Å². The molecule has 0 aliphatic heterocycles. The lowest BCUT2D eigenvalue weighted by molar-refractivity contribution is -0.133. The molecule has 0 spiro atoms. The van der Waals surface area contributed by atoms with Crippen LogP contribution in [0.15, 0.2) is 0 Å². The summed E-state index contributed by atoms with van der Waals surface area (Å²) in [7, 11) is 1.26. The standard InChI is InChI=1S/C10H16O3/c1-3-4-5-6-9(11)7-8-10(12)13-2/h9,11H,3-6H2,1-2H3. The minimum atomic E-state index is -0.703. The van der Waals surface area contributed by atoms with E-state index in [9.17, 15) is 9.90 Å². The summed E-state index contributed by atoms with van der Waals surface area (Å²) >= 11 is 0. The molecule has 0 aromatic carbocycles. The first-order valence-corrected chi connectivity index (χ1v) is 4.48. The van der Waals surface area contributed by atoms with Gasteiger partial charge in [0, 0.05) is 5.92 Å². The summed E-state index contributed by atoms with van der Waals surface area (Å²) in [5.41, 5.74) is 0. The van der Waals surface area contributed by atoms with Crippen LogP contribution in [0.2, 0.25) is 0 Å². The van der Waals surface area contributed by atoms with Crippen LogP contribution >= 0.6 is 0 Å². The van der Waals surface area contributed by atoms with Crippen LogP contribution in [-0.4, -0.2) is 24.3 Å². The second kappa shape index (κ2) is 7.63. The second-order valence-corrected chi connectivity index (χ2v) is 2.77. The molecule has 0 amide bonds. The van der Waals surface area contributed by atoms with Crippen molar-refractivity contribution < 1.29 is 14.6 Å². The van der Waals surface area contributed by atoms with Gasteiger partial charge >= 0.3 is 5.97 Å². The van der Waals surface area contributed by atoms with Gasteiger partial charge in [0.2, 0.25) is 0 Å². The Morgan fingerprint density at radius 1 is 1.54 bits per heavy atom. The van der Waals surface area contributed by atoms with Gasteiger partial charge < -0.3 is 9.84 Å². The number of hydrogen-bond acceptors (Lipinski definition) is 3. The van der Waals surface area contributed by atoms with E-state index in [1.54, 1.807) is 0 Å². The molecule has 3 nitrogen and oxygen atoms in total. The lowest BCUT2D eigenvalue weighted by atomic mass is 10.1. The molecule has 0 saturated heterocycles. The van der Waals surface area contributed by atoms with Gasteiger partial charge in [0.15, 0.2) is 0 Å². The number of ether oxygens (including phenoxy) is 1. The summed E-state index contributed by atoms with van der Waals surface area (Å²) in [6, 6.07) is 0. The molecule has 0 rings (SSSR count). The molecule has 0 aromatic rings. The molecule has 74 valence electrons. The minimum absolute atomic E-state index is 0.602. The van der Waals surface area contributed by atoms with Gasteiger partial charge in [0.1, 0.15) is 6.10 Å². The predicted octanol–water partition coefficient (Wildman–Crippen LogP) is 1.10. The molecule has 1 atom stereocenters. The van der Waals surface area contributed by atoms with Crippen LogP contribution in [0.3, 0.4) is 0 Å².